The first-order chi connectivity index (χ1) is 11.4. The number of benzene rings is 2. The Morgan fingerprint density at radius 1 is 1.21 bits per heavy atom. The molecule has 1 amide bonds. The van der Waals surface area contributed by atoms with Gasteiger partial charge in [0.1, 0.15) is 5.82 Å². The summed E-state index contributed by atoms with van der Waals surface area (Å²) in [5.41, 5.74) is -0.224. The fourth-order valence-corrected chi connectivity index (χ4v) is 2.16. The van der Waals surface area contributed by atoms with E-state index in [9.17, 15) is 24.1 Å². The standard InChI is InChI=1S/C16H13FN2O5/c17-13-7-2-1-6-12(13)16(22)18-14(9-15(20)21)10-4-3-5-11(8-10)19(23)24/h1-8,14H,9H2,(H,18,22)(H,20,21). The van der Waals surface area contributed by atoms with Crippen molar-refractivity contribution in [2.24, 2.45) is 0 Å². The number of nitro groups is 1. The van der Waals surface area contributed by atoms with Crippen LogP contribution in [0.3, 0.4) is 0 Å². The second-order valence-electron chi connectivity index (χ2n) is 4.96. The Morgan fingerprint density at radius 3 is 2.54 bits per heavy atom. The van der Waals surface area contributed by atoms with Crippen molar-refractivity contribution in [3.05, 3.63) is 75.6 Å². The Hall–Kier alpha value is -3.29. The Balaban J connectivity index is 2.30. The molecule has 0 heterocycles. The number of halogens is 1. The summed E-state index contributed by atoms with van der Waals surface area (Å²) >= 11 is 0. The lowest BCUT2D eigenvalue weighted by Crippen LogP contribution is -2.30. The molecule has 0 spiro atoms. The number of carbonyl (C=O) groups excluding carboxylic acids is 1. The molecule has 24 heavy (non-hydrogen) atoms. The number of carboxylic acids is 1. The SMILES string of the molecule is O=C(O)CC(NC(=O)c1ccccc1F)c1cccc([N+](=O)[O-])c1. The summed E-state index contributed by atoms with van der Waals surface area (Å²) in [5, 5.41) is 22.2. The van der Waals surface area contributed by atoms with Crippen molar-refractivity contribution in [3.8, 4) is 0 Å². The minimum atomic E-state index is -1.21. The van der Waals surface area contributed by atoms with Crippen LogP contribution in [-0.4, -0.2) is 21.9 Å². The molecule has 1 unspecified atom stereocenters. The van der Waals surface area contributed by atoms with Crippen LogP contribution in [0.4, 0.5) is 10.1 Å². The first kappa shape index (κ1) is 17.1. The maximum atomic E-state index is 13.7. The van der Waals surface area contributed by atoms with Gasteiger partial charge in [-0.3, -0.25) is 19.7 Å². The third-order valence-corrected chi connectivity index (χ3v) is 3.29. The van der Waals surface area contributed by atoms with Crippen LogP contribution in [0.2, 0.25) is 0 Å². The zero-order valence-corrected chi connectivity index (χ0v) is 12.3. The third kappa shape index (κ3) is 4.13. The van der Waals surface area contributed by atoms with Crippen molar-refractivity contribution in [1.29, 1.82) is 0 Å². The molecule has 124 valence electrons. The van der Waals surface area contributed by atoms with Gasteiger partial charge in [-0.1, -0.05) is 24.3 Å². The van der Waals surface area contributed by atoms with Crippen molar-refractivity contribution in [1.82, 2.24) is 5.32 Å². The number of carboxylic acid groups (broad SMARTS) is 1. The van der Waals surface area contributed by atoms with E-state index in [1.54, 1.807) is 0 Å². The summed E-state index contributed by atoms with van der Waals surface area (Å²) in [5.74, 6) is -2.76. The predicted octanol–water partition coefficient (Wildman–Crippen LogP) is 2.68. The highest BCUT2D eigenvalue weighted by atomic mass is 19.1. The van der Waals surface area contributed by atoms with E-state index in [1.165, 1.54) is 42.5 Å². The van der Waals surface area contributed by atoms with Crippen molar-refractivity contribution >= 4 is 17.6 Å². The van der Waals surface area contributed by atoms with Gasteiger partial charge >= 0.3 is 5.97 Å². The molecular formula is C16H13FN2O5. The molecule has 0 aliphatic carbocycles. The van der Waals surface area contributed by atoms with E-state index < -0.39 is 35.1 Å². The Labute approximate surface area is 135 Å². The second-order valence-corrected chi connectivity index (χ2v) is 4.96. The van der Waals surface area contributed by atoms with Crippen molar-refractivity contribution < 1.29 is 24.0 Å². The van der Waals surface area contributed by atoms with E-state index >= 15 is 0 Å². The van der Waals surface area contributed by atoms with Gasteiger partial charge in [0.2, 0.25) is 0 Å². The number of nitrogens with zero attached hydrogens (tertiary/aromatic N) is 1. The smallest absolute Gasteiger partial charge is 0.305 e. The Morgan fingerprint density at radius 2 is 1.92 bits per heavy atom. The van der Waals surface area contributed by atoms with Gasteiger partial charge in [0.25, 0.3) is 11.6 Å². The van der Waals surface area contributed by atoms with Crippen molar-refractivity contribution in [2.45, 2.75) is 12.5 Å². The molecule has 0 fully saturated rings. The average Bonchev–Trinajstić information content (AvgIpc) is 2.54. The number of aliphatic carboxylic acids is 1. The van der Waals surface area contributed by atoms with Crippen LogP contribution >= 0.6 is 0 Å². The lowest BCUT2D eigenvalue weighted by atomic mass is 10.0. The number of nitrogens with one attached hydrogen (secondary N) is 1. The van der Waals surface area contributed by atoms with Crippen LogP contribution in [-0.2, 0) is 4.79 Å². The highest BCUT2D eigenvalue weighted by molar-refractivity contribution is 5.95. The zero-order valence-electron chi connectivity index (χ0n) is 12.3. The summed E-state index contributed by atoms with van der Waals surface area (Å²) in [6.45, 7) is 0. The Kier molecular flexibility index (Phi) is 5.20. The minimum absolute atomic E-state index is 0.233. The van der Waals surface area contributed by atoms with Gasteiger partial charge < -0.3 is 10.4 Å². The molecule has 0 radical (unpaired) electrons. The van der Waals surface area contributed by atoms with Gasteiger partial charge in [-0.15, -0.1) is 0 Å². The van der Waals surface area contributed by atoms with Gasteiger partial charge in [0, 0.05) is 12.1 Å². The molecule has 7 nitrogen and oxygen atoms in total. The molecule has 2 aromatic carbocycles. The summed E-state index contributed by atoms with van der Waals surface area (Å²) in [6, 6.07) is 9.49. The molecule has 0 saturated carbocycles. The van der Waals surface area contributed by atoms with E-state index in [0.717, 1.165) is 6.07 Å². The van der Waals surface area contributed by atoms with Gasteiger partial charge in [0.15, 0.2) is 0 Å². The quantitative estimate of drug-likeness (QED) is 0.624. The Bertz CT molecular complexity index is 794. The van der Waals surface area contributed by atoms with Gasteiger partial charge in [-0.25, -0.2) is 4.39 Å². The monoisotopic (exact) mass is 332 g/mol. The average molecular weight is 332 g/mol. The number of non-ortho nitro benzene ring substituents is 1. The fourth-order valence-electron chi connectivity index (χ4n) is 2.16. The zero-order chi connectivity index (χ0) is 17.7. The molecule has 0 aromatic heterocycles. The molecule has 2 rings (SSSR count). The molecule has 1 atom stereocenters. The van der Waals surface area contributed by atoms with Crippen LogP contribution < -0.4 is 5.32 Å². The maximum absolute atomic E-state index is 13.7. The number of hydrogen-bond donors (Lipinski definition) is 2. The molecular weight excluding hydrogens is 319 g/mol. The highest BCUT2D eigenvalue weighted by Crippen LogP contribution is 2.22. The number of hydrogen-bond acceptors (Lipinski definition) is 4. The fraction of sp³-hybridized carbons (Fsp3) is 0.125. The van der Waals surface area contributed by atoms with Crippen LogP contribution in [0.15, 0.2) is 48.5 Å². The van der Waals surface area contributed by atoms with Crippen molar-refractivity contribution in [3.63, 3.8) is 0 Å². The molecule has 2 aromatic rings. The van der Waals surface area contributed by atoms with Crippen LogP contribution in [0, 0.1) is 15.9 Å². The second kappa shape index (κ2) is 7.32. The summed E-state index contributed by atoms with van der Waals surface area (Å²) in [4.78, 5) is 33.4. The van der Waals surface area contributed by atoms with E-state index in [4.69, 9.17) is 5.11 Å². The normalized spacial score (nSPS) is 11.5. The number of rotatable bonds is 6. The van der Waals surface area contributed by atoms with Crippen LogP contribution in [0.1, 0.15) is 28.4 Å². The summed E-state index contributed by atoms with van der Waals surface area (Å²) in [6.07, 6.45) is -0.499. The van der Waals surface area contributed by atoms with E-state index in [-0.39, 0.29) is 16.8 Å². The lowest BCUT2D eigenvalue weighted by molar-refractivity contribution is -0.384. The van der Waals surface area contributed by atoms with Crippen LogP contribution in [0.5, 0.6) is 0 Å². The molecule has 0 aliphatic rings. The van der Waals surface area contributed by atoms with Crippen molar-refractivity contribution in [2.75, 3.05) is 0 Å². The van der Waals surface area contributed by atoms with Gasteiger partial charge in [-0.2, -0.15) is 0 Å². The summed E-state index contributed by atoms with van der Waals surface area (Å²) in [7, 11) is 0. The van der Waals surface area contributed by atoms with Gasteiger partial charge in [-0.05, 0) is 17.7 Å². The minimum Gasteiger partial charge on any atom is -0.481 e. The first-order valence-electron chi connectivity index (χ1n) is 6.90. The number of nitro benzene ring substituents is 1. The maximum Gasteiger partial charge on any atom is 0.305 e. The van der Waals surface area contributed by atoms with E-state index in [1.807, 2.05) is 0 Å². The van der Waals surface area contributed by atoms with Gasteiger partial charge in [0.05, 0.1) is 22.9 Å². The summed E-state index contributed by atoms with van der Waals surface area (Å²) < 4.78 is 13.7. The highest BCUT2D eigenvalue weighted by Gasteiger charge is 2.22. The molecule has 8 heteroatoms. The largest absolute Gasteiger partial charge is 0.481 e. The number of amides is 1. The molecule has 0 bridgehead atoms. The molecule has 2 N–H and O–H groups in total. The number of carbonyl (C=O) groups is 2. The van der Waals surface area contributed by atoms with E-state index in [2.05, 4.69) is 5.32 Å². The molecule has 0 aliphatic heterocycles. The lowest BCUT2D eigenvalue weighted by Gasteiger charge is -2.17. The predicted molar refractivity (Wildman–Crippen MR) is 82.0 cm³/mol. The molecule has 0 saturated heterocycles. The third-order valence-electron chi connectivity index (χ3n) is 3.29. The van der Waals surface area contributed by atoms with Crippen LogP contribution in [0.25, 0.3) is 0 Å². The first-order valence-corrected chi connectivity index (χ1v) is 6.90. The van der Waals surface area contributed by atoms with E-state index in [0.29, 0.717) is 0 Å². The topological polar surface area (TPSA) is 110 Å².